The molecule has 52 valence electrons. The number of carbonyl (C=O) groups is 1. The van der Waals surface area contributed by atoms with Gasteiger partial charge in [0, 0.05) is 0 Å². The fraction of sp³-hybridized carbons (Fsp3) is 0.500. The Balaban J connectivity index is 3.28. The van der Waals surface area contributed by atoms with E-state index in [1.165, 1.54) is 7.11 Å². The lowest BCUT2D eigenvalue weighted by Gasteiger charge is -1.98. The number of hydrogen-bond donors (Lipinski definition) is 1. The van der Waals surface area contributed by atoms with E-state index in [-0.39, 0.29) is 11.0 Å². The minimum Gasteiger partial charge on any atom is -0.467 e. The first kappa shape index (κ1) is 8.71. The van der Waals surface area contributed by atoms with Crippen molar-refractivity contribution in [3.8, 4) is 0 Å². The molecule has 0 aromatic carbocycles. The largest absolute Gasteiger partial charge is 0.467 e. The summed E-state index contributed by atoms with van der Waals surface area (Å²) in [6.07, 6.45) is 0. The van der Waals surface area contributed by atoms with Gasteiger partial charge >= 0.3 is 5.97 Å². The molecule has 0 amide bonds. The maximum atomic E-state index is 10.3. The molecule has 0 saturated heterocycles. The smallest absolute Gasteiger partial charge is 0.343 e. The molecule has 9 heavy (non-hydrogen) atoms. The maximum absolute atomic E-state index is 10.3. The summed E-state index contributed by atoms with van der Waals surface area (Å²) in [6, 6.07) is 0. The highest BCUT2D eigenvalue weighted by molar-refractivity contribution is 8.10. The van der Waals surface area contributed by atoms with Crippen molar-refractivity contribution in [1.29, 1.82) is 0 Å². The van der Waals surface area contributed by atoms with E-state index in [0.29, 0.717) is 0 Å². The van der Waals surface area contributed by atoms with Gasteiger partial charge in [-0.05, 0) is 12.2 Å². The van der Waals surface area contributed by atoms with Crippen molar-refractivity contribution in [2.45, 2.75) is 0 Å². The molecule has 0 aliphatic carbocycles. The molecular formula is C4H6O3S2. The van der Waals surface area contributed by atoms with Gasteiger partial charge in [-0.2, -0.15) is 0 Å². The number of thiocarbonyl (C=S) groups is 1. The zero-order valence-corrected chi connectivity index (χ0v) is 6.50. The molecule has 0 aliphatic rings. The second kappa shape index (κ2) is 4.58. The molecule has 0 bridgehead atoms. The topological polar surface area (TPSA) is 35.5 Å². The van der Waals surface area contributed by atoms with E-state index >= 15 is 0 Å². The van der Waals surface area contributed by atoms with E-state index in [2.05, 4.69) is 34.3 Å². The average Bonchev–Trinajstić information content (AvgIpc) is 1.83. The molecule has 0 radical (unpaired) electrons. The van der Waals surface area contributed by atoms with E-state index in [1.807, 2.05) is 0 Å². The average molecular weight is 166 g/mol. The predicted octanol–water partition coefficient (Wildman–Crippen LogP) is 0.391. The Morgan fingerprint density at radius 3 is 2.67 bits per heavy atom. The zero-order valence-electron chi connectivity index (χ0n) is 4.79. The Morgan fingerprint density at radius 2 is 2.33 bits per heavy atom. The second-order valence-electron chi connectivity index (χ2n) is 1.13. The fourth-order valence-corrected chi connectivity index (χ4v) is 0.303. The summed E-state index contributed by atoms with van der Waals surface area (Å²) in [5, 5.41) is 0. The molecule has 0 fully saturated rings. The highest BCUT2D eigenvalue weighted by Crippen LogP contribution is 1.86. The van der Waals surface area contributed by atoms with Crippen LogP contribution in [0.1, 0.15) is 0 Å². The predicted molar refractivity (Wildman–Crippen MR) is 39.6 cm³/mol. The summed E-state index contributed by atoms with van der Waals surface area (Å²) in [7, 11) is 1.27. The Kier molecular flexibility index (Phi) is 4.43. The number of ether oxygens (including phenoxy) is 2. The van der Waals surface area contributed by atoms with Gasteiger partial charge in [0.25, 0.3) is 0 Å². The molecule has 0 aromatic heterocycles. The normalized spacial score (nSPS) is 8.22. The molecule has 0 rings (SSSR count). The summed E-state index contributed by atoms with van der Waals surface area (Å²) < 4.78 is 8.80. The van der Waals surface area contributed by atoms with Gasteiger partial charge in [-0.25, -0.2) is 4.79 Å². The van der Waals surface area contributed by atoms with Gasteiger partial charge in [0.05, 0.1) is 7.11 Å². The van der Waals surface area contributed by atoms with Gasteiger partial charge in [0.2, 0.25) is 4.38 Å². The minimum absolute atomic E-state index is 0.0420. The SMILES string of the molecule is COC(=O)COC(=S)S. The Labute approximate surface area is 63.7 Å². The molecule has 0 aliphatic heterocycles. The molecule has 0 atom stereocenters. The highest BCUT2D eigenvalue weighted by Gasteiger charge is 1.99. The molecule has 0 saturated carbocycles. The van der Waals surface area contributed by atoms with Gasteiger partial charge in [-0.15, -0.1) is 0 Å². The highest BCUT2D eigenvalue weighted by atomic mass is 32.1. The maximum Gasteiger partial charge on any atom is 0.343 e. The quantitative estimate of drug-likeness (QED) is 0.366. The summed E-state index contributed by atoms with van der Waals surface area (Å²) in [5.41, 5.74) is 0. The Bertz CT molecular complexity index is 123. The molecule has 0 heterocycles. The second-order valence-corrected chi connectivity index (χ2v) is 2.21. The van der Waals surface area contributed by atoms with E-state index < -0.39 is 5.97 Å². The zero-order chi connectivity index (χ0) is 7.28. The van der Waals surface area contributed by atoms with E-state index in [1.54, 1.807) is 0 Å². The van der Waals surface area contributed by atoms with Crippen LogP contribution in [-0.2, 0) is 14.3 Å². The van der Waals surface area contributed by atoms with Crippen molar-refractivity contribution in [2.75, 3.05) is 13.7 Å². The van der Waals surface area contributed by atoms with E-state index in [9.17, 15) is 4.79 Å². The summed E-state index contributed by atoms with van der Waals surface area (Å²) in [6.45, 7) is -0.168. The third-order valence-corrected chi connectivity index (χ3v) is 0.788. The van der Waals surface area contributed by atoms with Crippen LogP contribution < -0.4 is 0 Å². The number of carbonyl (C=O) groups excluding carboxylic acids is 1. The fourth-order valence-electron chi connectivity index (χ4n) is 0.180. The first-order chi connectivity index (χ1) is 4.16. The van der Waals surface area contributed by atoms with Gasteiger partial charge < -0.3 is 9.47 Å². The lowest BCUT2D eigenvalue weighted by atomic mass is 10.7. The van der Waals surface area contributed by atoms with Crippen molar-refractivity contribution in [1.82, 2.24) is 0 Å². The van der Waals surface area contributed by atoms with Gasteiger partial charge in [0.15, 0.2) is 6.61 Å². The van der Waals surface area contributed by atoms with Crippen LogP contribution in [0.5, 0.6) is 0 Å². The Morgan fingerprint density at radius 1 is 1.78 bits per heavy atom. The molecule has 0 spiro atoms. The number of thiol groups is 1. The van der Waals surface area contributed by atoms with Crippen LogP contribution in [0, 0.1) is 0 Å². The van der Waals surface area contributed by atoms with Gasteiger partial charge in [-0.1, -0.05) is 12.6 Å². The standard InChI is InChI=1S/C4H6O3S2/c1-6-3(5)2-7-4(8)9/h2H2,1H3,(H,8,9). The van der Waals surface area contributed by atoms with Crippen molar-refractivity contribution in [2.24, 2.45) is 0 Å². The van der Waals surface area contributed by atoms with Crippen LogP contribution in [0.2, 0.25) is 0 Å². The molecule has 0 unspecified atom stereocenters. The number of rotatable bonds is 2. The van der Waals surface area contributed by atoms with Crippen molar-refractivity contribution in [3.05, 3.63) is 0 Å². The summed E-state index contributed by atoms with van der Waals surface area (Å²) in [4.78, 5) is 10.3. The third-order valence-electron chi connectivity index (χ3n) is 0.541. The number of methoxy groups -OCH3 is 1. The molecule has 5 heteroatoms. The monoisotopic (exact) mass is 166 g/mol. The Hall–Kier alpha value is -0.290. The molecule has 3 nitrogen and oxygen atoms in total. The van der Waals surface area contributed by atoms with Crippen molar-refractivity contribution in [3.63, 3.8) is 0 Å². The lowest BCUT2D eigenvalue weighted by molar-refractivity contribution is -0.143. The van der Waals surface area contributed by atoms with Crippen molar-refractivity contribution >= 4 is 35.2 Å². The summed E-state index contributed by atoms with van der Waals surface area (Å²) in [5.74, 6) is -0.466. The number of hydrogen-bond acceptors (Lipinski definition) is 4. The molecule has 0 N–H and O–H groups in total. The lowest BCUT2D eigenvalue weighted by Crippen LogP contribution is -2.10. The van der Waals surface area contributed by atoms with Crippen LogP contribution >= 0.6 is 24.8 Å². The van der Waals surface area contributed by atoms with Gasteiger partial charge in [0.1, 0.15) is 0 Å². The van der Waals surface area contributed by atoms with Crippen LogP contribution in [-0.4, -0.2) is 24.1 Å². The molecular weight excluding hydrogens is 160 g/mol. The van der Waals surface area contributed by atoms with E-state index in [0.717, 1.165) is 0 Å². The van der Waals surface area contributed by atoms with Crippen LogP contribution in [0.25, 0.3) is 0 Å². The van der Waals surface area contributed by atoms with Crippen molar-refractivity contribution < 1.29 is 14.3 Å². The van der Waals surface area contributed by atoms with Crippen LogP contribution in [0.4, 0.5) is 0 Å². The first-order valence-electron chi connectivity index (χ1n) is 2.09. The minimum atomic E-state index is -0.466. The summed E-state index contributed by atoms with van der Waals surface area (Å²) >= 11 is 8.01. The number of esters is 1. The van der Waals surface area contributed by atoms with Crippen LogP contribution in [0.3, 0.4) is 0 Å². The van der Waals surface area contributed by atoms with E-state index in [4.69, 9.17) is 0 Å². The third kappa shape index (κ3) is 5.58. The van der Waals surface area contributed by atoms with Crippen LogP contribution in [0.15, 0.2) is 0 Å². The first-order valence-corrected chi connectivity index (χ1v) is 2.95. The van der Waals surface area contributed by atoms with Gasteiger partial charge in [-0.3, -0.25) is 0 Å². The molecule has 0 aromatic rings.